The van der Waals surface area contributed by atoms with Crippen LogP contribution in [0.25, 0.3) is 35.4 Å². The molecule has 0 bridgehead atoms. The molecule has 0 fully saturated rings. The first-order valence-electron chi connectivity index (χ1n) is 10.5. The number of nitriles is 2. The monoisotopic (exact) mass is 476 g/mol. The van der Waals surface area contributed by atoms with Crippen molar-refractivity contribution in [1.29, 1.82) is 10.5 Å². The molecule has 0 amide bonds. The Morgan fingerprint density at radius 1 is 0.500 bits per heavy atom. The number of hydrogen-bond donors (Lipinski definition) is 0. The first kappa shape index (κ1) is 23.1. The Bertz CT molecular complexity index is 1350. The van der Waals surface area contributed by atoms with Gasteiger partial charge in [0.2, 0.25) is 0 Å². The summed E-state index contributed by atoms with van der Waals surface area (Å²) in [5, 5.41) is 19.5. The zero-order valence-electron chi connectivity index (χ0n) is 18.0. The number of benzene rings is 4. The molecule has 0 N–H and O–H groups in total. The predicted molar refractivity (Wildman–Crippen MR) is 142 cm³/mol. The minimum atomic E-state index is 0.455. The molecular formula is C30H18Cl2N2. The average molecular weight is 477 g/mol. The van der Waals surface area contributed by atoms with Crippen molar-refractivity contribution in [2.24, 2.45) is 0 Å². The highest BCUT2D eigenvalue weighted by molar-refractivity contribution is 6.32. The van der Waals surface area contributed by atoms with E-state index in [0.29, 0.717) is 21.2 Å². The Kier molecular flexibility index (Phi) is 7.26. The normalized spacial score (nSPS) is 10.9. The minimum absolute atomic E-state index is 0.455. The lowest BCUT2D eigenvalue weighted by Gasteiger charge is -2.04. The van der Waals surface area contributed by atoms with Crippen LogP contribution < -0.4 is 0 Å². The van der Waals surface area contributed by atoms with Gasteiger partial charge in [-0.25, -0.2) is 0 Å². The summed E-state index contributed by atoms with van der Waals surface area (Å²) in [7, 11) is 0. The van der Waals surface area contributed by atoms with Gasteiger partial charge in [-0.05, 0) is 45.5 Å². The molecule has 4 aromatic carbocycles. The van der Waals surface area contributed by atoms with E-state index in [1.54, 1.807) is 12.1 Å². The highest BCUT2D eigenvalue weighted by Crippen LogP contribution is 2.25. The first-order valence-corrected chi connectivity index (χ1v) is 11.3. The summed E-state index contributed by atoms with van der Waals surface area (Å²) in [6, 6.07) is 31.6. The molecule has 4 heteroatoms. The van der Waals surface area contributed by atoms with Crippen LogP contribution in [0.5, 0.6) is 0 Å². The highest BCUT2D eigenvalue weighted by Gasteiger charge is 2.04. The van der Waals surface area contributed by atoms with Crippen LogP contribution in [0.4, 0.5) is 0 Å². The molecule has 0 aliphatic carbocycles. The van der Waals surface area contributed by atoms with Gasteiger partial charge >= 0.3 is 0 Å². The van der Waals surface area contributed by atoms with Crippen molar-refractivity contribution in [1.82, 2.24) is 0 Å². The Morgan fingerprint density at radius 3 is 1.24 bits per heavy atom. The molecule has 0 spiro atoms. The third-order valence-corrected chi connectivity index (χ3v) is 6.01. The van der Waals surface area contributed by atoms with Crippen LogP contribution in [0, 0.1) is 22.7 Å². The summed E-state index contributed by atoms with van der Waals surface area (Å²) in [6.07, 6.45) is 7.74. The van der Waals surface area contributed by atoms with Gasteiger partial charge in [-0.1, -0.05) is 120 Å². The second-order valence-electron chi connectivity index (χ2n) is 7.54. The van der Waals surface area contributed by atoms with Crippen LogP contribution in [0.1, 0.15) is 33.4 Å². The van der Waals surface area contributed by atoms with E-state index in [2.05, 4.69) is 36.4 Å². The van der Waals surface area contributed by atoms with Crippen molar-refractivity contribution in [3.63, 3.8) is 0 Å². The molecule has 0 aromatic heterocycles. The third kappa shape index (κ3) is 5.28. The van der Waals surface area contributed by atoms with Gasteiger partial charge in [0.15, 0.2) is 0 Å². The molecule has 4 aromatic rings. The number of hydrogen-bond acceptors (Lipinski definition) is 2. The smallest absolute Gasteiger partial charge is 0.101 e. The second kappa shape index (κ2) is 10.7. The summed E-state index contributed by atoms with van der Waals surface area (Å²) in [5.41, 5.74) is 6.81. The maximum absolute atomic E-state index is 9.31. The molecule has 0 atom stereocenters. The van der Waals surface area contributed by atoms with Crippen molar-refractivity contribution >= 4 is 47.5 Å². The maximum Gasteiger partial charge on any atom is 0.101 e. The fourth-order valence-electron chi connectivity index (χ4n) is 3.54. The second-order valence-corrected chi connectivity index (χ2v) is 8.36. The van der Waals surface area contributed by atoms with Crippen LogP contribution in [-0.2, 0) is 0 Å². The van der Waals surface area contributed by atoms with Gasteiger partial charge < -0.3 is 0 Å². The Hall–Kier alpha value is -4.08. The molecule has 0 radical (unpaired) electrons. The van der Waals surface area contributed by atoms with E-state index in [1.807, 2.05) is 72.8 Å². The summed E-state index contributed by atoms with van der Waals surface area (Å²) in [4.78, 5) is 0. The van der Waals surface area contributed by atoms with E-state index in [0.717, 1.165) is 33.4 Å². The summed E-state index contributed by atoms with van der Waals surface area (Å²) >= 11 is 12.2. The molecule has 34 heavy (non-hydrogen) atoms. The molecule has 2 nitrogen and oxygen atoms in total. The average Bonchev–Trinajstić information content (AvgIpc) is 2.87. The zero-order valence-corrected chi connectivity index (χ0v) is 19.6. The lowest BCUT2D eigenvalue weighted by molar-refractivity contribution is 1.47. The van der Waals surface area contributed by atoms with Crippen LogP contribution in [0.3, 0.4) is 0 Å². The molecule has 162 valence electrons. The largest absolute Gasteiger partial charge is 0.192 e. The first-order chi connectivity index (χ1) is 16.6. The van der Waals surface area contributed by atoms with Crippen molar-refractivity contribution in [3.05, 3.63) is 128 Å². The van der Waals surface area contributed by atoms with Gasteiger partial charge in [0.1, 0.15) is 12.1 Å². The van der Waals surface area contributed by atoms with Crippen LogP contribution in [-0.4, -0.2) is 0 Å². The minimum Gasteiger partial charge on any atom is -0.192 e. The van der Waals surface area contributed by atoms with Crippen LogP contribution in [0.15, 0.2) is 84.9 Å². The molecule has 0 heterocycles. The van der Waals surface area contributed by atoms with Gasteiger partial charge in [0.05, 0.1) is 21.2 Å². The van der Waals surface area contributed by atoms with Crippen molar-refractivity contribution in [3.8, 4) is 23.3 Å². The van der Waals surface area contributed by atoms with Crippen molar-refractivity contribution in [2.75, 3.05) is 0 Å². The van der Waals surface area contributed by atoms with E-state index in [1.165, 1.54) is 0 Å². The van der Waals surface area contributed by atoms with Gasteiger partial charge in [-0.15, -0.1) is 0 Å². The molecule has 0 aliphatic rings. The molecule has 0 unspecified atom stereocenters. The van der Waals surface area contributed by atoms with Gasteiger partial charge in [-0.3, -0.25) is 0 Å². The van der Waals surface area contributed by atoms with Gasteiger partial charge in [0, 0.05) is 0 Å². The van der Waals surface area contributed by atoms with Gasteiger partial charge in [-0.2, -0.15) is 10.5 Å². The molecule has 0 saturated heterocycles. The Morgan fingerprint density at radius 2 is 0.882 bits per heavy atom. The maximum atomic E-state index is 9.31. The lowest BCUT2D eigenvalue weighted by atomic mass is 10.0. The predicted octanol–water partition coefficient (Wildman–Crippen LogP) is 8.74. The highest BCUT2D eigenvalue weighted by atomic mass is 35.5. The summed E-state index contributed by atoms with van der Waals surface area (Å²) in [6.45, 7) is 0. The van der Waals surface area contributed by atoms with E-state index in [-0.39, 0.29) is 0 Å². The lowest BCUT2D eigenvalue weighted by Crippen LogP contribution is -1.84. The zero-order chi connectivity index (χ0) is 23.9. The number of halogens is 2. The van der Waals surface area contributed by atoms with Crippen molar-refractivity contribution < 1.29 is 0 Å². The number of nitrogens with zero attached hydrogens (tertiary/aromatic N) is 2. The van der Waals surface area contributed by atoms with E-state index >= 15 is 0 Å². The third-order valence-electron chi connectivity index (χ3n) is 5.38. The quantitative estimate of drug-likeness (QED) is 0.270. The van der Waals surface area contributed by atoms with Gasteiger partial charge in [0.25, 0.3) is 0 Å². The molecular weight excluding hydrogens is 459 g/mol. The topological polar surface area (TPSA) is 47.6 Å². The van der Waals surface area contributed by atoms with Crippen LogP contribution >= 0.6 is 23.2 Å². The number of rotatable bonds is 5. The SMILES string of the molecule is N#Cc1c(Cl)cccc1C=Cc1ccc(-c2ccc(C=Cc3cccc(Cl)c3C#N)cc2)cc1. The van der Waals surface area contributed by atoms with E-state index in [9.17, 15) is 10.5 Å². The fourth-order valence-corrected chi connectivity index (χ4v) is 3.99. The standard InChI is InChI=1S/C30H18Cl2N2/c31-29-5-1-3-25(27(29)19-33)17-11-21-7-13-23(14-8-21)24-15-9-22(10-16-24)12-18-26-4-2-6-30(32)28(26)20-34/h1-18H. The molecule has 0 aliphatic heterocycles. The van der Waals surface area contributed by atoms with Crippen molar-refractivity contribution in [2.45, 2.75) is 0 Å². The fraction of sp³-hybridized carbons (Fsp3) is 0. The molecule has 0 saturated carbocycles. The summed E-state index contributed by atoms with van der Waals surface area (Å²) < 4.78 is 0. The molecule has 4 rings (SSSR count). The van der Waals surface area contributed by atoms with Crippen LogP contribution in [0.2, 0.25) is 10.0 Å². The van der Waals surface area contributed by atoms with E-state index in [4.69, 9.17) is 23.2 Å². The Balaban J connectivity index is 1.48. The van der Waals surface area contributed by atoms with E-state index < -0.39 is 0 Å². The summed E-state index contributed by atoms with van der Waals surface area (Å²) in [5.74, 6) is 0. The Labute approximate surface area is 209 Å².